The molecule has 3 atom stereocenters. The predicted octanol–water partition coefficient (Wildman–Crippen LogP) is 4.81. The number of halogens is 5. The van der Waals surface area contributed by atoms with Gasteiger partial charge in [0.05, 0.1) is 21.8 Å². The van der Waals surface area contributed by atoms with Crippen molar-refractivity contribution in [3.63, 3.8) is 0 Å². The predicted molar refractivity (Wildman–Crippen MR) is 145 cm³/mol. The molecule has 3 aromatic rings. The molecule has 13 heteroatoms. The van der Waals surface area contributed by atoms with Crippen LogP contribution in [0.5, 0.6) is 6.01 Å². The highest BCUT2D eigenvalue weighted by Gasteiger charge is 2.39. The normalized spacial score (nSPS) is 23.4. The van der Waals surface area contributed by atoms with Gasteiger partial charge in [0, 0.05) is 36.6 Å². The van der Waals surface area contributed by atoms with Crippen LogP contribution in [0.15, 0.2) is 12.1 Å². The summed E-state index contributed by atoms with van der Waals surface area (Å²) in [5, 5.41) is 3.61. The standard InChI is InChI=1S/C27H30ClF4N7O/c1-13-8-19(33)35-24(21(13)27(30,31)32)20-18(28)9-17-23(22(20)29)36-26(40-12-16-4-3-7-38(16)2)37-25(17)39-10-14-5-6-15(11-39)34-14/h8-9,14-16,34H,3-7,10-12H2,1-2H3,(H2,33,35)/t14-,15+,16-/m0/s1. The fraction of sp³-hybridized carbons (Fsp3) is 0.519. The highest BCUT2D eigenvalue weighted by atomic mass is 35.5. The topological polar surface area (TPSA) is 92.4 Å². The molecule has 6 rings (SSSR count). The number of aromatic nitrogens is 3. The third-order valence-corrected chi connectivity index (χ3v) is 8.49. The number of nitrogens with two attached hydrogens (primary N) is 1. The lowest BCUT2D eigenvalue weighted by atomic mass is 9.99. The van der Waals surface area contributed by atoms with Gasteiger partial charge in [-0.15, -0.1) is 0 Å². The van der Waals surface area contributed by atoms with Gasteiger partial charge in [-0.2, -0.15) is 23.1 Å². The molecule has 0 spiro atoms. The molecule has 8 nitrogen and oxygen atoms in total. The van der Waals surface area contributed by atoms with Gasteiger partial charge in [-0.1, -0.05) is 11.6 Å². The Morgan fingerprint density at radius 1 is 1.12 bits per heavy atom. The van der Waals surface area contributed by atoms with Crippen LogP contribution in [0.1, 0.15) is 36.8 Å². The van der Waals surface area contributed by atoms with Crippen molar-refractivity contribution in [2.75, 3.05) is 43.9 Å². The lowest BCUT2D eigenvalue weighted by Gasteiger charge is -2.34. The highest BCUT2D eigenvalue weighted by Crippen LogP contribution is 2.44. The molecule has 3 aliphatic rings. The number of pyridine rings is 1. The molecule has 3 aliphatic heterocycles. The van der Waals surface area contributed by atoms with E-state index < -0.39 is 28.8 Å². The van der Waals surface area contributed by atoms with Crippen LogP contribution < -0.4 is 20.7 Å². The highest BCUT2D eigenvalue weighted by molar-refractivity contribution is 6.34. The number of fused-ring (bicyclic) bond motifs is 3. The van der Waals surface area contributed by atoms with E-state index in [-0.39, 0.29) is 46.1 Å². The van der Waals surface area contributed by atoms with Crippen LogP contribution in [0.2, 0.25) is 5.02 Å². The quantitative estimate of drug-likeness (QED) is 0.416. The number of nitrogens with one attached hydrogen (secondary N) is 1. The number of aryl methyl sites for hydroxylation is 1. The van der Waals surface area contributed by atoms with Crippen LogP contribution in [-0.4, -0.2) is 71.3 Å². The Hall–Kier alpha value is -2.96. The first-order chi connectivity index (χ1) is 19.0. The second kappa shape index (κ2) is 10.1. The number of likely N-dealkylation sites (tertiary alicyclic amines) is 1. The first-order valence-electron chi connectivity index (χ1n) is 13.4. The molecule has 3 fully saturated rings. The van der Waals surface area contributed by atoms with Crippen molar-refractivity contribution in [1.29, 1.82) is 0 Å². The van der Waals surface area contributed by atoms with Gasteiger partial charge in [0.1, 0.15) is 23.8 Å². The van der Waals surface area contributed by atoms with Crippen molar-refractivity contribution in [1.82, 2.24) is 25.2 Å². The smallest absolute Gasteiger partial charge is 0.418 e. The van der Waals surface area contributed by atoms with Crippen molar-refractivity contribution < 1.29 is 22.3 Å². The minimum Gasteiger partial charge on any atom is -0.462 e. The van der Waals surface area contributed by atoms with Crippen LogP contribution in [0.3, 0.4) is 0 Å². The summed E-state index contributed by atoms with van der Waals surface area (Å²) in [6.45, 7) is 3.80. The molecule has 3 saturated heterocycles. The van der Waals surface area contributed by atoms with Gasteiger partial charge >= 0.3 is 12.2 Å². The number of nitrogen functional groups attached to an aromatic ring is 1. The fourth-order valence-electron chi connectivity index (χ4n) is 6.25. The van der Waals surface area contributed by atoms with Gasteiger partial charge in [-0.25, -0.2) is 9.37 Å². The zero-order chi connectivity index (χ0) is 28.3. The Balaban J connectivity index is 1.52. The molecule has 3 N–H and O–H groups in total. The van der Waals surface area contributed by atoms with Gasteiger partial charge in [0.25, 0.3) is 0 Å². The molecule has 214 valence electrons. The summed E-state index contributed by atoms with van der Waals surface area (Å²) in [5.74, 6) is -0.770. The maximum absolute atomic E-state index is 16.4. The molecule has 40 heavy (non-hydrogen) atoms. The molecule has 2 aromatic heterocycles. The van der Waals surface area contributed by atoms with E-state index in [0.29, 0.717) is 30.9 Å². The number of hydrogen-bond donors (Lipinski definition) is 2. The molecule has 0 aliphatic carbocycles. The maximum atomic E-state index is 16.4. The molecular formula is C27H30ClF4N7O. The lowest BCUT2D eigenvalue weighted by molar-refractivity contribution is -0.137. The SMILES string of the molecule is Cc1cc(N)nc(-c2c(Cl)cc3c(N4C[C@H]5CC[C@@H](C4)N5)nc(OC[C@@H]4CCCN4C)nc3c2F)c1C(F)(F)F. The summed E-state index contributed by atoms with van der Waals surface area (Å²) in [5.41, 5.74) is 3.15. The minimum atomic E-state index is -4.82. The Morgan fingerprint density at radius 3 is 2.50 bits per heavy atom. The maximum Gasteiger partial charge on any atom is 0.418 e. The number of piperazine rings is 1. The summed E-state index contributed by atoms with van der Waals surface area (Å²) >= 11 is 6.54. The fourth-order valence-corrected chi connectivity index (χ4v) is 6.53. The van der Waals surface area contributed by atoms with Crippen LogP contribution >= 0.6 is 11.6 Å². The van der Waals surface area contributed by atoms with E-state index in [1.165, 1.54) is 13.0 Å². The number of rotatable bonds is 5. The first-order valence-corrected chi connectivity index (χ1v) is 13.8. The van der Waals surface area contributed by atoms with Gasteiger partial charge < -0.3 is 25.6 Å². The average molecular weight is 580 g/mol. The first kappa shape index (κ1) is 27.2. The Labute approximate surface area is 233 Å². The molecular weight excluding hydrogens is 550 g/mol. The summed E-state index contributed by atoms with van der Waals surface area (Å²) in [4.78, 5) is 17.2. The van der Waals surface area contributed by atoms with Gasteiger partial charge in [-0.05, 0) is 63.9 Å². The van der Waals surface area contributed by atoms with Crippen LogP contribution in [0, 0.1) is 12.7 Å². The van der Waals surface area contributed by atoms with E-state index >= 15 is 4.39 Å². The van der Waals surface area contributed by atoms with Crippen molar-refractivity contribution in [2.24, 2.45) is 0 Å². The van der Waals surface area contributed by atoms with Crippen molar-refractivity contribution in [3.05, 3.63) is 34.1 Å². The van der Waals surface area contributed by atoms with E-state index in [9.17, 15) is 13.2 Å². The average Bonchev–Trinajstić information content (AvgIpc) is 3.44. The van der Waals surface area contributed by atoms with Crippen molar-refractivity contribution in [3.8, 4) is 17.3 Å². The Kier molecular flexibility index (Phi) is 6.90. The van der Waals surface area contributed by atoms with E-state index in [4.69, 9.17) is 22.1 Å². The summed E-state index contributed by atoms with van der Waals surface area (Å²) in [6.07, 6.45) is -0.790. The molecule has 0 saturated carbocycles. The van der Waals surface area contributed by atoms with Crippen molar-refractivity contribution >= 4 is 34.1 Å². The van der Waals surface area contributed by atoms with E-state index in [0.717, 1.165) is 38.3 Å². The number of alkyl halides is 3. The van der Waals surface area contributed by atoms with Gasteiger partial charge in [-0.3, -0.25) is 0 Å². The molecule has 0 unspecified atom stereocenters. The van der Waals surface area contributed by atoms with E-state index in [2.05, 4.69) is 30.1 Å². The number of benzene rings is 1. The number of anilines is 2. The van der Waals surface area contributed by atoms with E-state index in [1.54, 1.807) is 0 Å². The van der Waals surface area contributed by atoms with Crippen LogP contribution in [0.25, 0.3) is 22.2 Å². The monoisotopic (exact) mass is 579 g/mol. The zero-order valence-electron chi connectivity index (χ0n) is 22.2. The van der Waals surface area contributed by atoms with Gasteiger partial charge in [0.2, 0.25) is 0 Å². The third kappa shape index (κ3) is 4.90. The number of hydrogen-bond acceptors (Lipinski definition) is 8. The van der Waals surface area contributed by atoms with Crippen molar-refractivity contribution in [2.45, 2.75) is 56.9 Å². The molecule has 5 heterocycles. The summed E-state index contributed by atoms with van der Waals surface area (Å²) in [7, 11) is 2.01. The molecule has 1 aromatic carbocycles. The minimum absolute atomic E-state index is 0.0337. The van der Waals surface area contributed by atoms with Crippen LogP contribution in [0.4, 0.5) is 29.2 Å². The lowest BCUT2D eigenvalue weighted by Crippen LogP contribution is -2.51. The molecule has 0 radical (unpaired) electrons. The summed E-state index contributed by atoms with van der Waals surface area (Å²) < 4.78 is 64.8. The third-order valence-electron chi connectivity index (χ3n) is 8.19. The Morgan fingerprint density at radius 2 is 1.85 bits per heavy atom. The van der Waals surface area contributed by atoms with Crippen LogP contribution in [-0.2, 0) is 6.18 Å². The van der Waals surface area contributed by atoms with E-state index in [1.807, 2.05) is 7.05 Å². The second-order valence-corrected chi connectivity index (χ2v) is 11.4. The second-order valence-electron chi connectivity index (χ2n) is 11.0. The summed E-state index contributed by atoms with van der Waals surface area (Å²) in [6, 6.07) is 3.17. The molecule has 0 amide bonds. The Bertz CT molecular complexity index is 1460. The number of ether oxygens (including phenoxy) is 1. The number of nitrogens with zero attached hydrogens (tertiary/aromatic N) is 5. The largest absolute Gasteiger partial charge is 0.462 e. The zero-order valence-corrected chi connectivity index (χ0v) is 22.9. The molecule has 2 bridgehead atoms. The number of likely N-dealkylation sites (N-methyl/N-ethyl adjacent to an activating group) is 1. The van der Waals surface area contributed by atoms with Gasteiger partial charge in [0.15, 0.2) is 5.82 Å².